The number of aromatic nitrogens is 4. The summed E-state index contributed by atoms with van der Waals surface area (Å²) in [5.41, 5.74) is 7.26. The first-order valence-corrected chi connectivity index (χ1v) is 16.5. The SMILES string of the molecule is CC(C)[SiH](OC1[C@@H](CO[Si](O)(C(C)C)C(C)C)O[C@@H](n2cnc3c(Cl)nc(N)nc32)[C@H]1O)C(C)C. The number of nitrogens with two attached hydrogens (primary N) is 1. The van der Waals surface area contributed by atoms with Crippen LogP contribution >= 0.6 is 11.6 Å². The molecule has 3 heterocycles. The molecule has 13 heteroatoms. The van der Waals surface area contributed by atoms with Crippen molar-refractivity contribution < 1.29 is 23.5 Å². The molecule has 1 aliphatic heterocycles. The Bertz CT molecular complexity index is 992. The first-order chi connectivity index (χ1) is 16.3. The topological polar surface area (TPSA) is 138 Å². The molecule has 0 spiro atoms. The molecule has 2 aromatic heterocycles. The second-order valence-electron chi connectivity index (χ2n) is 10.7. The Balaban J connectivity index is 1.96. The van der Waals surface area contributed by atoms with Crippen LogP contribution in [0.1, 0.15) is 61.6 Å². The third-order valence-electron chi connectivity index (χ3n) is 6.74. The first kappa shape index (κ1) is 28.4. The van der Waals surface area contributed by atoms with Crippen molar-refractivity contribution in [3.05, 3.63) is 11.5 Å². The molecule has 35 heavy (non-hydrogen) atoms. The van der Waals surface area contributed by atoms with E-state index in [1.807, 2.05) is 27.7 Å². The largest absolute Gasteiger partial charge is 0.411 e. The fraction of sp³-hybridized carbons (Fsp3) is 0.773. The molecule has 1 unspecified atom stereocenters. The number of rotatable bonds is 10. The second kappa shape index (κ2) is 11.1. The number of hydrogen-bond acceptors (Lipinski definition) is 9. The summed E-state index contributed by atoms with van der Waals surface area (Å²) in [6, 6.07) is 0. The number of halogens is 1. The summed E-state index contributed by atoms with van der Waals surface area (Å²) in [7, 11) is -4.76. The average molecular weight is 546 g/mol. The summed E-state index contributed by atoms with van der Waals surface area (Å²) in [5.74, 6) is 0.00133. The van der Waals surface area contributed by atoms with Crippen molar-refractivity contribution in [1.29, 1.82) is 0 Å². The number of aliphatic hydroxyl groups is 1. The van der Waals surface area contributed by atoms with Gasteiger partial charge in [0.2, 0.25) is 5.95 Å². The Hall–Kier alpha value is -1.13. The number of fused-ring (bicyclic) bond motifs is 1. The molecule has 10 nitrogen and oxygen atoms in total. The van der Waals surface area contributed by atoms with Gasteiger partial charge in [0.15, 0.2) is 26.1 Å². The second-order valence-corrected chi connectivity index (χ2v) is 19.0. The maximum absolute atomic E-state index is 11.5. The number of aliphatic hydroxyl groups excluding tert-OH is 1. The van der Waals surface area contributed by atoms with E-state index in [0.29, 0.717) is 22.2 Å². The monoisotopic (exact) mass is 545 g/mol. The molecular formula is C22H40ClN5O5Si2. The predicted octanol–water partition coefficient (Wildman–Crippen LogP) is 3.52. The molecule has 4 atom stereocenters. The summed E-state index contributed by atoms with van der Waals surface area (Å²) in [6.45, 7) is 16.6. The smallest absolute Gasteiger partial charge is 0.340 e. The predicted molar refractivity (Wildman–Crippen MR) is 141 cm³/mol. The van der Waals surface area contributed by atoms with E-state index in [4.69, 9.17) is 30.9 Å². The number of anilines is 1. The highest BCUT2D eigenvalue weighted by molar-refractivity contribution is 6.68. The van der Waals surface area contributed by atoms with E-state index in [1.54, 1.807) is 4.57 Å². The van der Waals surface area contributed by atoms with Gasteiger partial charge >= 0.3 is 8.56 Å². The van der Waals surface area contributed by atoms with E-state index in [1.165, 1.54) is 6.33 Å². The van der Waals surface area contributed by atoms with Crippen LogP contribution in [0.3, 0.4) is 0 Å². The highest BCUT2D eigenvalue weighted by Gasteiger charge is 2.50. The Morgan fingerprint density at radius 3 is 2.29 bits per heavy atom. The fourth-order valence-corrected chi connectivity index (χ4v) is 10.3. The van der Waals surface area contributed by atoms with E-state index in [2.05, 4.69) is 42.6 Å². The van der Waals surface area contributed by atoms with Gasteiger partial charge in [-0.25, -0.2) is 4.98 Å². The summed E-state index contributed by atoms with van der Waals surface area (Å²) in [6.07, 6.45) is -1.58. The molecular weight excluding hydrogens is 506 g/mol. The van der Waals surface area contributed by atoms with Crippen molar-refractivity contribution in [2.45, 2.75) is 102 Å². The van der Waals surface area contributed by atoms with Gasteiger partial charge in [-0.05, 0) is 22.2 Å². The molecule has 0 aromatic carbocycles. The van der Waals surface area contributed by atoms with Gasteiger partial charge in [0, 0.05) is 0 Å². The zero-order chi connectivity index (χ0) is 26.2. The van der Waals surface area contributed by atoms with Crippen LogP contribution in [-0.2, 0) is 13.6 Å². The summed E-state index contributed by atoms with van der Waals surface area (Å²) in [5, 5.41) is 11.6. The zero-order valence-electron chi connectivity index (χ0n) is 21.8. The van der Waals surface area contributed by atoms with Crippen molar-refractivity contribution >= 4 is 46.3 Å². The maximum atomic E-state index is 11.5. The van der Waals surface area contributed by atoms with Gasteiger partial charge in [0.1, 0.15) is 23.8 Å². The highest BCUT2D eigenvalue weighted by Crippen LogP contribution is 2.38. The van der Waals surface area contributed by atoms with Crippen molar-refractivity contribution in [1.82, 2.24) is 19.5 Å². The number of hydrogen-bond donors (Lipinski definition) is 3. The minimum atomic E-state index is -3.03. The van der Waals surface area contributed by atoms with Crippen LogP contribution in [0.2, 0.25) is 27.3 Å². The minimum Gasteiger partial charge on any atom is -0.411 e. The van der Waals surface area contributed by atoms with E-state index in [-0.39, 0.29) is 28.8 Å². The van der Waals surface area contributed by atoms with Crippen molar-refractivity contribution in [3.63, 3.8) is 0 Å². The molecule has 3 rings (SSSR count). The molecule has 0 radical (unpaired) electrons. The quantitative estimate of drug-likeness (QED) is 0.302. The van der Waals surface area contributed by atoms with Crippen LogP contribution in [-0.4, -0.2) is 71.9 Å². The number of imidazole rings is 1. The molecule has 1 aliphatic rings. The van der Waals surface area contributed by atoms with Crippen LogP contribution in [0.4, 0.5) is 5.95 Å². The van der Waals surface area contributed by atoms with Gasteiger partial charge in [-0.1, -0.05) is 67.0 Å². The zero-order valence-corrected chi connectivity index (χ0v) is 24.8. The maximum Gasteiger partial charge on any atom is 0.340 e. The molecule has 0 bridgehead atoms. The van der Waals surface area contributed by atoms with Crippen LogP contribution in [0.15, 0.2) is 6.33 Å². The lowest BCUT2D eigenvalue weighted by atomic mass is 10.1. The van der Waals surface area contributed by atoms with Gasteiger partial charge in [0.05, 0.1) is 12.9 Å². The van der Waals surface area contributed by atoms with E-state index < -0.39 is 42.1 Å². The lowest BCUT2D eigenvalue weighted by molar-refractivity contribution is -0.0512. The van der Waals surface area contributed by atoms with Gasteiger partial charge < -0.3 is 29.2 Å². The standard InChI is InChI=1S/C22H40ClN5O5Si2/c1-11(2)34(12(3)4)33-18-15(9-31-35(30,13(5)6)14(7)8)32-21(17(18)29)28-10-25-16-19(23)26-22(24)27-20(16)28/h10-15,17-18,21,29-30,34H,9H2,1-8H3,(H2,24,26,27)/t15-,17+,18?,21-/m1/s1. The molecule has 0 amide bonds. The number of ether oxygens (including phenoxy) is 1. The van der Waals surface area contributed by atoms with Crippen molar-refractivity contribution in [2.75, 3.05) is 12.3 Å². The Kier molecular flexibility index (Phi) is 9.01. The first-order valence-electron chi connectivity index (χ1n) is 12.3. The normalized spacial score (nSPS) is 23.8. The van der Waals surface area contributed by atoms with Crippen molar-refractivity contribution in [3.8, 4) is 0 Å². The average Bonchev–Trinajstić information content (AvgIpc) is 3.30. The summed E-state index contributed by atoms with van der Waals surface area (Å²) in [4.78, 5) is 23.8. The van der Waals surface area contributed by atoms with Crippen LogP contribution in [0, 0.1) is 0 Å². The summed E-state index contributed by atoms with van der Waals surface area (Å²) < 4.78 is 20.8. The van der Waals surface area contributed by atoms with Crippen molar-refractivity contribution in [2.24, 2.45) is 0 Å². The van der Waals surface area contributed by atoms with E-state index in [0.717, 1.165) is 0 Å². The molecule has 4 N–H and O–H groups in total. The number of nitrogen functional groups attached to an aromatic ring is 1. The van der Waals surface area contributed by atoms with Crippen LogP contribution < -0.4 is 5.73 Å². The molecule has 0 saturated carbocycles. The lowest BCUT2D eigenvalue weighted by Gasteiger charge is -2.35. The van der Waals surface area contributed by atoms with Gasteiger partial charge in [0.25, 0.3) is 0 Å². The highest BCUT2D eigenvalue weighted by atomic mass is 35.5. The molecule has 1 fully saturated rings. The van der Waals surface area contributed by atoms with Gasteiger partial charge in [-0.3, -0.25) is 4.57 Å². The molecule has 0 aliphatic carbocycles. The summed E-state index contributed by atoms with van der Waals surface area (Å²) >= 11 is 6.20. The number of nitrogens with zero attached hydrogens (tertiary/aromatic N) is 4. The molecule has 2 aromatic rings. The lowest BCUT2D eigenvalue weighted by Crippen LogP contribution is -2.49. The molecule has 198 valence electrons. The van der Waals surface area contributed by atoms with Gasteiger partial charge in [-0.15, -0.1) is 0 Å². The van der Waals surface area contributed by atoms with E-state index >= 15 is 0 Å². The molecule has 1 saturated heterocycles. The minimum absolute atomic E-state index is 0.00133. The Morgan fingerprint density at radius 2 is 1.74 bits per heavy atom. The van der Waals surface area contributed by atoms with E-state index in [9.17, 15) is 9.90 Å². The van der Waals surface area contributed by atoms with Crippen LogP contribution in [0.5, 0.6) is 0 Å². The Morgan fingerprint density at radius 1 is 1.14 bits per heavy atom. The fourth-order valence-electron chi connectivity index (χ4n) is 4.82. The van der Waals surface area contributed by atoms with Gasteiger partial charge in [-0.2, -0.15) is 9.97 Å². The van der Waals surface area contributed by atoms with Crippen LogP contribution in [0.25, 0.3) is 11.2 Å². The third kappa shape index (κ3) is 5.74. The third-order valence-corrected chi connectivity index (χ3v) is 14.2. The Labute approximate surface area is 215 Å².